The lowest BCUT2D eigenvalue weighted by Crippen LogP contribution is -1.88. The molecule has 0 radical (unpaired) electrons. The Labute approximate surface area is 117 Å². The molecule has 3 rings (SSSR count). The summed E-state index contributed by atoms with van der Waals surface area (Å²) in [6.07, 6.45) is 1.76. The Morgan fingerprint density at radius 3 is 2.53 bits per heavy atom. The van der Waals surface area contributed by atoms with Gasteiger partial charge in [0.25, 0.3) is 0 Å². The second-order valence-corrected chi connectivity index (χ2v) is 5.00. The van der Waals surface area contributed by atoms with E-state index in [0.29, 0.717) is 11.4 Å². The lowest BCUT2D eigenvalue weighted by Gasteiger charge is -1.99. The first-order valence-electron chi connectivity index (χ1n) is 6.37. The van der Waals surface area contributed by atoms with Crippen LogP contribution >= 0.6 is 11.6 Å². The molecule has 0 aliphatic heterocycles. The fourth-order valence-electron chi connectivity index (χ4n) is 2.09. The number of aryl methyl sites for hydroxylation is 1. The molecular formula is C16H14ClNO. The van der Waals surface area contributed by atoms with Gasteiger partial charge in [-0.3, -0.25) is 0 Å². The number of oxazole rings is 1. The third kappa shape index (κ3) is 2.64. The van der Waals surface area contributed by atoms with E-state index in [4.69, 9.17) is 16.0 Å². The minimum Gasteiger partial charge on any atom is -0.440 e. The molecule has 0 spiro atoms. The maximum Gasteiger partial charge on any atom is 0.199 e. The number of hydrogen-bond donors (Lipinski definition) is 0. The van der Waals surface area contributed by atoms with Crippen molar-refractivity contribution in [2.75, 3.05) is 0 Å². The van der Waals surface area contributed by atoms with Gasteiger partial charge in [-0.2, -0.15) is 0 Å². The van der Waals surface area contributed by atoms with E-state index in [0.717, 1.165) is 23.4 Å². The minimum absolute atomic E-state index is 0.680. The average molecular weight is 272 g/mol. The Morgan fingerprint density at radius 2 is 1.79 bits per heavy atom. The molecule has 0 aliphatic carbocycles. The smallest absolute Gasteiger partial charge is 0.199 e. The van der Waals surface area contributed by atoms with Gasteiger partial charge in [-0.25, -0.2) is 4.98 Å². The van der Waals surface area contributed by atoms with E-state index < -0.39 is 0 Å². The van der Waals surface area contributed by atoms with E-state index in [9.17, 15) is 0 Å². The van der Waals surface area contributed by atoms with Gasteiger partial charge in [0.15, 0.2) is 11.5 Å². The maximum absolute atomic E-state index is 5.94. The van der Waals surface area contributed by atoms with Crippen LogP contribution in [-0.4, -0.2) is 4.98 Å². The van der Waals surface area contributed by atoms with Crippen LogP contribution in [0.25, 0.3) is 11.1 Å². The predicted octanol–water partition coefficient (Wildman–Crippen LogP) is 4.63. The first-order valence-corrected chi connectivity index (χ1v) is 6.75. The molecular weight excluding hydrogens is 258 g/mol. The van der Waals surface area contributed by atoms with Crippen molar-refractivity contribution >= 4 is 22.7 Å². The molecule has 0 bridgehead atoms. The van der Waals surface area contributed by atoms with E-state index in [1.807, 2.05) is 18.2 Å². The molecule has 19 heavy (non-hydrogen) atoms. The number of halogens is 1. The van der Waals surface area contributed by atoms with Crippen LogP contribution in [0, 0.1) is 0 Å². The molecule has 2 aromatic carbocycles. The molecule has 0 fully saturated rings. The fraction of sp³-hybridized carbons (Fsp3) is 0.188. The van der Waals surface area contributed by atoms with Gasteiger partial charge in [-0.05, 0) is 35.7 Å². The lowest BCUT2D eigenvalue weighted by atomic mass is 10.1. The number of benzene rings is 2. The van der Waals surface area contributed by atoms with Crippen LogP contribution in [0.5, 0.6) is 0 Å². The second-order valence-electron chi connectivity index (χ2n) is 4.57. The number of rotatable bonds is 3. The highest BCUT2D eigenvalue weighted by Gasteiger charge is 2.07. The first-order chi connectivity index (χ1) is 9.24. The molecule has 3 heteroatoms. The lowest BCUT2D eigenvalue weighted by molar-refractivity contribution is 0.544. The Kier molecular flexibility index (Phi) is 3.26. The van der Waals surface area contributed by atoms with Gasteiger partial charge in [0, 0.05) is 11.4 Å². The van der Waals surface area contributed by atoms with E-state index in [2.05, 4.69) is 36.2 Å². The van der Waals surface area contributed by atoms with Crippen molar-refractivity contribution in [1.82, 2.24) is 4.98 Å². The van der Waals surface area contributed by atoms with Crippen LogP contribution < -0.4 is 0 Å². The first kappa shape index (κ1) is 12.2. The Balaban J connectivity index is 1.87. The summed E-state index contributed by atoms with van der Waals surface area (Å²) in [5, 5.41) is 0.680. The van der Waals surface area contributed by atoms with Crippen LogP contribution in [0.3, 0.4) is 0 Å². The number of nitrogens with zero attached hydrogens (tertiary/aromatic N) is 1. The summed E-state index contributed by atoms with van der Waals surface area (Å²) in [5.74, 6) is 0.724. The molecule has 0 amide bonds. The minimum atomic E-state index is 0.680. The van der Waals surface area contributed by atoms with Crippen molar-refractivity contribution in [3.63, 3.8) is 0 Å². The van der Waals surface area contributed by atoms with Crippen LogP contribution in [0.15, 0.2) is 46.9 Å². The molecule has 0 unspecified atom stereocenters. The zero-order chi connectivity index (χ0) is 13.2. The average Bonchev–Trinajstić information content (AvgIpc) is 2.81. The summed E-state index contributed by atoms with van der Waals surface area (Å²) in [6.45, 7) is 2.15. The van der Waals surface area contributed by atoms with Gasteiger partial charge in [-0.1, -0.05) is 42.8 Å². The zero-order valence-corrected chi connectivity index (χ0v) is 11.4. The largest absolute Gasteiger partial charge is 0.440 e. The summed E-state index contributed by atoms with van der Waals surface area (Å²) in [5.41, 5.74) is 4.14. The molecule has 0 saturated carbocycles. The number of aromatic nitrogens is 1. The second kappa shape index (κ2) is 5.06. The quantitative estimate of drug-likeness (QED) is 0.694. The van der Waals surface area contributed by atoms with Crippen molar-refractivity contribution < 1.29 is 4.42 Å². The van der Waals surface area contributed by atoms with Crippen molar-refractivity contribution in [3.05, 3.63) is 64.5 Å². The fourth-order valence-corrected chi connectivity index (χ4v) is 2.26. The zero-order valence-electron chi connectivity index (χ0n) is 10.7. The molecule has 3 aromatic rings. The van der Waals surface area contributed by atoms with Crippen LogP contribution in [0.2, 0.25) is 5.02 Å². The van der Waals surface area contributed by atoms with E-state index >= 15 is 0 Å². The summed E-state index contributed by atoms with van der Waals surface area (Å²) in [7, 11) is 0. The number of hydrogen-bond acceptors (Lipinski definition) is 2. The van der Waals surface area contributed by atoms with Gasteiger partial charge in [0.1, 0.15) is 5.52 Å². The SMILES string of the molecule is CCc1ccc(Cc2nc3cc(Cl)ccc3o2)cc1. The van der Waals surface area contributed by atoms with Crippen molar-refractivity contribution in [2.24, 2.45) is 0 Å². The summed E-state index contributed by atoms with van der Waals surface area (Å²) in [6, 6.07) is 14.0. The van der Waals surface area contributed by atoms with Gasteiger partial charge in [-0.15, -0.1) is 0 Å². The van der Waals surface area contributed by atoms with Crippen LogP contribution in [-0.2, 0) is 12.8 Å². The van der Waals surface area contributed by atoms with Gasteiger partial charge < -0.3 is 4.42 Å². The van der Waals surface area contributed by atoms with E-state index in [1.165, 1.54) is 11.1 Å². The highest BCUT2D eigenvalue weighted by Crippen LogP contribution is 2.21. The summed E-state index contributed by atoms with van der Waals surface area (Å²) >= 11 is 5.94. The van der Waals surface area contributed by atoms with Crippen molar-refractivity contribution in [1.29, 1.82) is 0 Å². The topological polar surface area (TPSA) is 26.0 Å². The third-order valence-corrected chi connectivity index (χ3v) is 3.42. The standard InChI is InChI=1S/C16H14ClNO/c1-2-11-3-5-12(6-4-11)9-16-18-14-10-13(17)7-8-15(14)19-16/h3-8,10H,2,9H2,1H3. The Hall–Kier alpha value is -1.80. The van der Waals surface area contributed by atoms with E-state index in [-0.39, 0.29) is 0 Å². The monoisotopic (exact) mass is 271 g/mol. The molecule has 0 N–H and O–H groups in total. The Morgan fingerprint density at radius 1 is 1.05 bits per heavy atom. The highest BCUT2D eigenvalue weighted by molar-refractivity contribution is 6.31. The van der Waals surface area contributed by atoms with Crippen molar-refractivity contribution in [3.8, 4) is 0 Å². The molecule has 2 nitrogen and oxygen atoms in total. The molecule has 1 heterocycles. The highest BCUT2D eigenvalue weighted by atomic mass is 35.5. The Bertz CT molecular complexity index is 700. The van der Waals surface area contributed by atoms with Gasteiger partial charge in [0.05, 0.1) is 0 Å². The van der Waals surface area contributed by atoms with Gasteiger partial charge >= 0.3 is 0 Å². The van der Waals surface area contributed by atoms with Gasteiger partial charge in [0.2, 0.25) is 0 Å². The molecule has 96 valence electrons. The third-order valence-electron chi connectivity index (χ3n) is 3.18. The van der Waals surface area contributed by atoms with Crippen LogP contribution in [0.1, 0.15) is 23.9 Å². The molecule has 0 aliphatic rings. The summed E-state index contributed by atoms with van der Waals surface area (Å²) < 4.78 is 5.71. The molecule has 0 atom stereocenters. The van der Waals surface area contributed by atoms with E-state index in [1.54, 1.807) is 0 Å². The van der Waals surface area contributed by atoms with Crippen molar-refractivity contribution in [2.45, 2.75) is 19.8 Å². The molecule has 0 saturated heterocycles. The van der Waals surface area contributed by atoms with Crippen LogP contribution in [0.4, 0.5) is 0 Å². The molecule has 1 aromatic heterocycles. The summed E-state index contributed by atoms with van der Waals surface area (Å²) in [4.78, 5) is 4.46. The maximum atomic E-state index is 5.94. The number of fused-ring (bicyclic) bond motifs is 1. The predicted molar refractivity (Wildman–Crippen MR) is 77.6 cm³/mol. The normalized spacial score (nSPS) is 11.1.